The van der Waals surface area contributed by atoms with E-state index < -0.39 is 35.2 Å². The lowest BCUT2D eigenvalue weighted by Crippen LogP contribution is -2.49. The zero-order chi connectivity index (χ0) is 32.3. The Morgan fingerprint density at radius 2 is 1.41 bits per heavy atom. The van der Waals surface area contributed by atoms with Crippen LogP contribution in [0.1, 0.15) is 30.7 Å². The summed E-state index contributed by atoms with van der Waals surface area (Å²) in [5, 5.41) is 32.8. The fraction of sp³-hybridized carbons (Fsp3) is 0.294. The highest BCUT2D eigenvalue weighted by Crippen LogP contribution is 2.50. The Balaban J connectivity index is 1.05. The number of aliphatic hydroxyl groups is 2. The van der Waals surface area contributed by atoms with Crippen LogP contribution in [0.4, 0.5) is 24.5 Å². The molecular formula is C34H32F3N7O2. The zero-order valence-corrected chi connectivity index (χ0v) is 25.3. The van der Waals surface area contributed by atoms with Crippen molar-refractivity contribution in [3.05, 3.63) is 108 Å². The number of fused-ring (bicyclic) bond motifs is 3. The van der Waals surface area contributed by atoms with E-state index >= 15 is 8.78 Å². The van der Waals surface area contributed by atoms with Crippen molar-refractivity contribution in [3.8, 4) is 22.5 Å². The van der Waals surface area contributed by atoms with Gasteiger partial charge in [0.2, 0.25) is 0 Å². The van der Waals surface area contributed by atoms with E-state index in [4.69, 9.17) is 0 Å². The van der Waals surface area contributed by atoms with Gasteiger partial charge in [-0.3, -0.25) is 4.98 Å². The summed E-state index contributed by atoms with van der Waals surface area (Å²) in [6.07, 6.45) is 1.36. The van der Waals surface area contributed by atoms with Crippen LogP contribution in [0.2, 0.25) is 0 Å². The zero-order valence-electron chi connectivity index (χ0n) is 25.3. The van der Waals surface area contributed by atoms with Gasteiger partial charge in [-0.15, -0.1) is 5.10 Å². The Morgan fingerprint density at radius 1 is 0.804 bits per heavy atom. The third-order valence-corrected chi connectivity index (χ3v) is 8.97. The van der Waals surface area contributed by atoms with Crippen molar-refractivity contribution in [2.45, 2.75) is 37.5 Å². The van der Waals surface area contributed by atoms with E-state index in [-0.39, 0.29) is 17.0 Å². The Morgan fingerprint density at radius 3 is 2.00 bits per heavy atom. The van der Waals surface area contributed by atoms with Crippen LogP contribution in [-0.2, 0) is 23.7 Å². The summed E-state index contributed by atoms with van der Waals surface area (Å²) in [6.45, 7) is 6.29. The molecule has 4 heterocycles. The Kier molecular flexibility index (Phi) is 7.09. The molecule has 0 bridgehead atoms. The lowest BCUT2D eigenvalue weighted by atomic mass is 9.80. The summed E-state index contributed by atoms with van der Waals surface area (Å²) < 4.78 is 47.3. The topological polar surface area (TPSA) is 103 Å². The highest BCUT2D eigenvalue weighted by Gasteiger charge is 2.59. The van der Waals surface area contributed by atoms with Crippen molar-refractivity contribution >= 4 is 11.4 Å². The number of nitrogens with zero attached hydrogens (tertiary/aromatic N) is 7. The molecule has 7 rings (SSSR count). The quantitative estimate of drug-likeness (QED) is 0.269. The fourth-order valence-electron chi connectivity index (χ4n) is 6.27. The van der Waals surface area contributed by atoms with Crippen LogP contribution in [0.3, 0.4) is 0 Å². The molecular weight excluding hydrogens is 595 g/mol. The molecule has 9 nitrogen and oxygen atoms in total. The van der Waals surface area contributed by atoms with Gasteiger partial charge in [0, 0.05) is 60.4 Å². The molecule has 3 aromatic carbocycles. The predicted molar refractivity (Wildman–Crippen MR) is 167 cm³/mol. The number of benzene rings is 3. The summed E-state index contributed by atoms with van der Waals surface area (Å²) in [5.74, 6) is -4.42. The first-order valence-electron chi connectivity index (χ1n) is 15.0. The normalized spacial score (nSPS) is 18.3. The van der Waals surface area contributed by atoms with Crippen LogP contribution < -0.4 is 9.80 Å². The first-order valence-corrected chi connectivity index (χ1v) is 15.0. The molecule has 0 spiro atoms. The second kappa shape index (κ2) is 10.9. The van der Waals surface area contributed by atoms with Gasteiger partial charge in [0.15, 0.2) is 11.4 Å². The van der Waals surface area contributed by atoms with E-state index in [2.05, 4.69) is 30.3 Å². The highest BCUT2D eigenvalue weighted by atomic mass is 19.3. The molecule has 236 valence electrons. The van der Waals surface area contributed by atoms with Crippen molar-refractivity contribution in [1.82, 2.24) is 25.2 Å². The molecule has 0 saturated carbocycles. The van der Waals surface area contributed by atoms with Crippen molar-refractivity contribution in [2.75, 3.05) is 36.0 Å². The van der Waals surface area contributed by atoms with E-state index in [1.54, 1.807) is 19.9 Å². The number of anilines is 2. The van der Waals surface area contributed by atoms with Crippen molar-refractivity contribution in [3.63, 3.8) is 0 Å². The summed E-state index contributed by atoms with van der Waals surface area (Å²) in [7, 11) is 0. The monoisotopic (exact) mass is 627 g/mol. The maximum Gasteiger partial charge on any atom is 0.323 e. The van der Waals surface area contributed by atoms with E-state index in [0.29, 0.717) is 5.56 Å². The molecule has 0 amide bonds. The van der Waals surface area contributed by atoms with Gasteiger partial charge in [-0.05, 0) is 77.9 Å². The van der Waals surface area contributed by atoms with Gasteiger partial charge < -0.3 is 20.0 Å². The van der Waals surface area contributed by atoms with Crippen LogP contribution in [0.25, 0.3) is 22.5 Å². The predicted octanol–water partition coefficient (Wildman–Crippen LogP) is 5.09. The summed E-state index contributed by atoms with van der Waals surface area (Å²) in [6, 6.07) is 21.9. The second-order valence-electron chi connectivity index (χ2n) is 12.3. The molecule has 1 fully saturated rings. The van der Waals surface area contributed by atoms with Gasteiger partial charge >= 0.3 is 5.92 Å². The summed E-state index contributed by atoms with van der Waals surface area (Å²) in [4.78, 5) is 8.70. The van der Waals surface area contributed by atoms with Crippen LogP contribution >= 0.6 is 0 Å². The van der Waals surface area contributed by atoms with E-state index in [9.17, 15) is 14.6 Å². The Bertz CT molecular complexity index is 1870. The first kappa shape index (κ1) is 29.9. The SMILES string of the molecule is CC(C)(O)c1ccc(N2CCN(c3ccc(-c4ccc(C(F)(F)[C@]5(O)Cn6nnnc6-c6cc(F)ccc65)nc4)cc3)CC2)cc1. The number of tetrazole rings is 1. The molecule has 46 heavy (non-hydrogen) atoms. The lowest BCUT2D eigenvalue weighted by molar-refractivity contribution is -0.207. The van der Waals surface area contributed by atoms with Crippen LogP contribution in [0, 0.1) is 5.82 Å². The molecule has 1 atom stereocenters. The fourth-order valence-corrected chi connectivity index (χ4v) is 6.27. The number of aromatic nitrogens is 5. The molecule has 0 unspecified atom stereocenters. The van der Waals surface area contributed by atoms with Crippen molar-refractivity contribution in [2.24, 2.45) is 0 Å². The van der Waals surface area contributed by atoms with Gasteiger partial charge in [-0.1, -0.05) is 36.4 Å². The minimum Gasteiger partial charge on any atom is -0.386 e. The largest absolute Gasteiger partial charge is 0.386 e. The summed E-state index contributed by atoms with van der Waals surface area (Å²) in [5.41, 5.74) is 0.0763. The average Bonchev–Trinajstić information content (AvgIpc) is 3.53. The van der Waals surface area contributed by atoms with Crippen molar-refractivity contribution < 1.29 is 23.4 Å². The maximum absolute atomic E-state index is 16.1. The minimum atomic E-state index is -3.86. The molecule has 2 N–H and O–H groups in total. The van der Waals surface area contributed by atoms with E-state index in [1.807, 2.05) is 48.5 Å². The number of halogens is 3. The number of pyridine rings is 1. The molecule has 2 aliphatic rings. The van der Waals surface area contributed by atoms with Gasteiger partial charge in [-0.2, -0.15) is 8.78 Å². The standard InChI is InChI=1S/C34H32F3N7O2/c1-32(2,45)24-6-11-27(12-7-24)43-17-15-42(16-18-43)26-9-3-22(4-10-26)23-5-14-30(38-20-23)34(36,37)33(46)21-44-31(39-40-41-44)28-19-25(35)8-13-29(28)33/h3-14,19-20,45-46H,15-18,21H2,1-2H3/t33-/m0/s1. The maximum atomic E-state index is 16.1. The third-order valence-electron chi connectivity index (χ3n) is 8.97. The molecule has 5 aromatic rings. The molecule has 2 aromatic heterocycles. The second-order valence-corrected chi connectivity index (χ2v) is 12.3. The molecule has 0 aliphatic carbocycles. The molecule has 2 aliphatic heterocycles. The van der Waals surface area contributed by atoms with Crippen LogP contribution in [-0.4, -0.2) is 61.6 Å². The summed E-state index contributed by atoms with van der Waals surface area (Å²) >= 11 is 0. The van der Waals surface area contributed by atoms with Crippen LogP contribution in [0.15, 0.2) is 85.1 Å². The van der Waals surface area contributed by atoms with Gasteiger partial charge in [0.1, 0.15) is 11.5 Å². The number of hydrogen-bond donors (Lipinski definition) is 2. The molecule has 12 heteroatoms. The Labute approximate surface area is 263 Å². The Hall–Kier alpha value is -4.81. The number of hydrogen-bond acceptors (Lipinski definition) is 8. The third kappa shape index (κ3) is 5.07. The lowest BCUT2D eigenvalue weighted by Gasteiger charge is -2.39. The minimum absolute atomic E-state index is 0.00243. The molecule has 1 saturated heterocycles. The van der Waals surface area contributed by atoms with E-state index in [0.717, 1.165) is 71.6 Å². The van der Waals surface area contributed by atoms with Crippen molar-refractivity contribution in [1.29, 1.82) is 0 Å². The highest BCUT2D eigenvalue weighted by molar-refractivity contribution is 5.67. The van der Waals surface area contributed by atoms with Gasteiger partial charge in [0.25, 0.3) is 0 Å². The smallest absolute Gasteiger partial charge is 0.323 e. The van der Waals surface area contributed by atoms with Gasteiger partial charge in [0.05, 0.1) is 12.1 Å². The van der Waals surface area contributed by atoms with E-state index in [1.165, 1.54) is 12.3 Å². The van der Waals surface area contributed by atoms with Gasteiger partial charge in [-0.25, -0.2) is 9.07 Å². The number of rotatable bonds is 6. The van der Waals surface area contributed by atoms with Crippen LogP contribution in [0.5, 0.6) is 0 Å². The number of alkyl halides is 2. The first-order chi connectivity index (χ1) is 21.9. The molecule has 0 radical (unpaired) electrons. The average molecular weight is 628 g/mol. The number of piperazine rings is 1.